The Hall–Kier alpha value is -0.380. The molecule has 1 saturated heterocycles. The Morgan fingerprint density at radius 2 is 2.06 bits per heavy atom. The van der Waals surface area contributed by atoms with Gasteiger partial charge in [-0.3, -0.25) is 0 Å². The van der Waals surface area contributed by atoms with E-state index in [4.69, 9.17) is 10.5 Å². The largest absolute Gasteiger partial charge is 0.381 e. The van der Waals surface area contributed by atoms with E-state index >= 15 is 0 Å². The maximum atomic E-state index is 6.44. The van der Waals surface area contributed by atoms with E-state index < -0.39 is 0 Å². The van der Waals surface area contributed by atoms with Gasteiger partial charge < -0.3 is 10.5 Å². The number of rotatable bonds is 0. The van der Waals surface area contributed by atoms with Gasteiger partial charge in [0.15, 0.2) is 0 Å². The number of halogens is 1. The topological polar surface area (TPSA) is 35.2 Å². The fourth-order valence-electron chi connectivity index (χ4n) is 3.39. The smallest absolute Gasteiger partial charge is 0.0475 e. The zero-order valence-corrected chi connectivity index (χ0v) is 11.5. The number of aryl methyl sites for hydroxylation is 1. The lowest BCUT2D eigenvalue weighted by atomic mass is 9.63. The molecule has 2 N–H and O–H groups in total. The number of nitrogens with two attached hydrogens (primary N) is 1. The van der Waals surface area contributed by atoms with Crippen molar-refractivity contribution in [2.45, 2.75) is 37.1 Å². The highest BCUT2D eigenvalue weighted by Crippen LogP contribution is 2.44. The van der Waals surface area contributed by atoms with E-state index in [1.165, 1.54) is 11.1 Å². The van der Waals surface area contributed by atoms with Crippen LogP contribution in [0.4, 0.5) is 0 Å². The summed E-state index contributed by atoms with van der Waals surface area (Å²) in [5, 5.41) is 0. The van der Waals surface area contributed by atoms with Crippen molar-refractivity contribution in [3.8, 4) is 0 Å². The van der Waals surface area contributed by atoms with Gasteiger partial charge in [-0.1, -0.05) is 22.0 Å². The second kappa shape index (κ2) is 4.38. The molecule has 17 heavy (non-hydrogen) atoms. The zero-order valence-electron chi connectivity index (χ0n) is 9.92. The van der Waals surface area contributed by atoms with Gasteiger partial charge in [0.2, 0.25) is 0 Å². The maximum absolute atomic E-state index is 6.44. The highest BCUT2D eigenvalue weighted by molar-refractivity contribution is 9.10. The molecule has 3 heteroatoms. The zero-order chi connectivity index (χ0) is 11.9. The van der Waals surface area contributed by atoms with Crippen LogP contribution in [-0.2, 0) is 16.6 Å². The third-order valence-corrected chi connectivity index (χ3v) is 4.92. The second-order valence-corrected chi connectivity index (χ2v) is 6.13. The van der Waals surface area contributed by atoms with Crippen LogP contribution in [0, 0.1) is 0 Å². The van der Waals surface area contributed by atoms with Crippen LogP contribution in [0.25, 0.3) is 0 Å². The summed E-state index contributed by atoms with van der Waals surface area (Å²) in [4.78, 5) is 0. The van der Waals surface area contributed by atoms with Gasteiger partial charge in [-0.25, -0.2) is 0 Å². The van der Waals surface area contributed by atoms with Gasteiger partial charge in [0.25, 0.3) is 0 Å². The van der Waals surface area contributed by atoms with Crippen LogP contribution in [0.5, 0.6) is 0 Å². The van der Waals surface area contributed by atoms with Crippen LogP contribution >= 0.6 is 15.9 Å². The number of fused-ring (bicyclic) bond motifs is 2. The van der Waals surface area contributed by atoms with Crippen molar-refractivity contribution in [3.05, 3.63) is 33.8 Å². The number of hydrogen-bond acceptors (Lipinski definition) is 2. The summed E-state index contributed by atoms with van der Waals surface area (Å²) < 4.78 is 6.69. The van der Waals surface area contributed by atoms with E-state index in [1.807, 2.05) is 0 Å². The van der Waals surface area contributed by atoms with Crippen LogP contribution in [0.2, 0.25) is 0 Å². The quantitative estimate of drug-likeness (QED) is 0.799. The lowest BCUT2D eigenvalue weighted by Gasteiger charge is -2.46. The molecule has 2 aliphatic rings. The first-order valence-electron chi connectivity index (χ1n) is 6.35. The van der Waals surface area contributed by atoms with Gasteiger partial charge in [0.05, 0.1) is 0 Å². The number of ether oxygens (including phenoxy) is 1. The Balaban J connectivity index is 2.11. The summed E-state index contributed by atoms with van der Waals surface area (Å²) in [6.45, 7) is 1.69. The molecule has 0 radical (unpaired) electrons. The van der Waals surface area contributed by atoms with Crippen molar-refractivity contribution < 1.29 is 4.74 Å². The fourth-order valence-corrected chi connectivity index (χ4v) is 3.75. The average molecular weight is 296 g/mol. The minimum absolute atomic E-state index is 0.162. The molecule has 0 bridgehead atoms. The van der Waals surface area contributed by atoms with E-state index in [0.717, 1.165) is 43.4 Å². The first-order valence-corrected chi connectivity index (χ1v) is 7.14. The molecule has 2 nitrogen and oxygen atoms in total. The molecule has 0 saturated carbocycles. The van der Waals surface area contributed by atoms with Crippen molar-refractivity contribution >= 4 is 15.9 Å². The van der Waals surface area contributed by atoms with E-state index in [0.29, 0.717) is 0 Å². The molecular weight excluding hydrogens is 278 g/mol. The highest BCUT2D eigenvalue weighted by atomic mass is 79.9. The third-order valence-electron chi connectivity index (χ3n) is 4.43. The molecule has 1 spiro atoms. The molecule has 92 valence electrons. The molecule has 1 heterocycles. The number of benzene rings is 1. The molecule has 1 aliphatic heterocycles. The standard InChI is InChI=1S/C14H18BrNO/c15-11-3-1-10-2-4-13(16)14(12(10)9-11)5-7-17-8-6-14/h1,3,9,13H,2,4-8,16H2. The minimum Gasteiger partial charge on any atom is -0.381 e. The first kappa shape index (κ1) is 11.7. The molecule has 1 atom stereocenters. The number of hydrogen-bond donors (Lipinski definition) is 1. The molecular formula is C14H18BrNO. The average Bonchev–Trinajstić information content (AvgIpc) is 2.36. The maximum Gasteiger partial charge on any atom is 0.0475 e. The van der Waals surface area contributed by atoms with Crippen LogP contribution in [0.3, 0.4) is 0 Å². The first-order chi connectivity index (χ1) is 8.22. The normalized spacial score (nSPS) is 26.8. The van der Waals surface area contributed by atoms with Crippen molar-refractivity contribution in [3.63, 3.8) is 0 Å². The SMILES string of the molecule is NC1CCc2ccc(Br)cc2C12CCOCC2. The van der Waals surface area contributed by atoms with E-state index in [9.17, 15) is 0 Å². The summed E-state index contributed by atoms with van der Waals surface area (Å²) in [5.74, 6) is 0. The Bertz CT molecular complexity index is 426. The lowest BCUT2D eigenvalue weighted by molar-refractivity contribution is 0.0360. The van der Waals surface area contributed by atoms with Crippen LogP contribution in [0.15, 0.2) is 22.7 Å². The van der Waals surface area contributed by atoms with Gasteiger partial charge in [-0.15, -0.1) is 0 Å². The summed E-state index contributed by atoms with van der Waals surface area (Å²) in [7, 11) is 0. The Kier molecular flexibility index (Phi) is 3.01. The van der Waals surface area contributed by atoms with Crippen LogP contribution in [-0.4, -0.2) is 19.3 Å². The Morgan fingerprint density at radius 1 is 1.29 bits per heavy atom. The predicted molar refractivity (Wildman–Crippen MR) is 72.2 cm³/mol. The fraction of sp³-hybridized carbons (Fsp3) is 0.571. The van der Waals surface area contributed by atoms with Crippen LogP contribution in [0.1, 0.15) is 30.4 Å². The Labute approximate surface area is 111 Å². The van der Waals surface area contributed by atoms with E-state index in [2.05, 4.69) is 34.1 Å². The second-order valence-electron chi connectivity index (χ2n) is 5.22. The Morgan fingerprint density at radius 3 is 2.82 bits per heavy atom. The van der Waals surface area contributed by atoms with Gasteiger partial charge in [-0.05, 0) is 48.9 Å². The van der Waals surface area contributed by atoms with Gasteiger partial charge in [-0.2, -0.15) is 0 Å². The molecule has 1 aromatic carbocycles. The summed E-state index contributed by atoms with van der Waals surface area (Å²) in [5.41, 5.74) is 9.55. The molecule has 1 aliphatic carbocycles. The predicted octanol–water partition coefficient (Wildman–Crippen LogP) is 2.77. The monoisotopic (exact) mass is 295 g/mol. The summed E-state index contributed by atoms with van der Waals surface area (Å²) in [6, 6.07) is 6.96. The van der Waals surface area contributed by atoms with Gasteiger partial charge in [0.1, 0.15) is 0 Å². The molecule has 1 aromatic rings. The molecule has 0 aromatic heterocycles. The minimum atomic E-state index is 0.162. The molecule has 0 amide bonds. The summed E-state index contributed by atoms with van der Waals surface area (Å²) >= 11 is 3.59. The van der Waals surface area contributed by atoms with E-state index in [1.54, 1.807) is 0 Å². The van der Waals surface area contributed by atoms with Crippen molar-refractivity contribution in [2.24, 2.45) is 5.73 Å². The van der Waals surface area contributed by atoms with E-state index in [-0.39, 0.29) is 11.5 Å². The van der Waals surface area contributed by atoms with Gasteiger partial charge >= 0.3 is 0 Å². The third kappa shape index (κ3) is 1.85. The van der Waals surface area contributed by atoms with Crippen molar-refractivity contribution in [2.75, 3.05) is 13.2 Å². The van der Waals surface area contributed by atoms with Crippen LogP contribution < -0.4 is 5.73 Å². The molecule has 3 rings (SSSR count). The van der Waals surface area contributed by atoms with Crippen molar-refractivity contribution in [1.29, 1.82) is 0 Å². The lowest BCUT2D eigenvalue weighted by Crippen LogP contribution is -2.51. The van der Waals surface area contributed by atoms with Crippen molar-refractivity contribution in [1.82, 2.24) is 0 Å². The van der Waals surface area contributed by atoms with Gasteiger partial charge in [0, 0.05) is 29.1 Å². The molecule has 1 unspecified atom stereocenters. The highest BCUT2D eigenvalue weighted by Gasteiger charge is 2.43. The molecule has 1 fully saturated rings. The summed E-state index contributed by atoms with van der Waals surface area (Å²) in [6.07, 6.45) is 4.36.